The summed E-state index contributed by atoms with van der Waals surface area (Å²) in [5, 5.41) is 8.94. The minimum absolute atomic E-state index is 0.572. The molecule has 1 fully saturated rings. The molecule has 0 aromatic heterocycles. The van der Waals surface area contributed by atoms with Crippen molar-refractivity contribution < 1.29 is 0 Å². The molecule has 0 N–H and O–H groups in total. The van der Waals surface area contributed by atoms with Crippen LogP contribution < -0.4 is 0 Å². The molecule has 0 heterocycles. The van der Waals surface area contributed by atoms with Gasteiger partial charge in [0, 0.05) is 11.5 Å². The fourth-order valence-electron chi connectivity index (χ4n) is 4.83. The SMILES string of the molecule is CCCCCCCCCC[C@H]1CC[C@H](C#Cc2ccc(-c3ccc(C#N)cc3)cc2)CC1. The predicted molar refractivity (Wildman–Crippen MR) is 136 cm³/mol. The van der Waals surface area contributed by atoms with Gasteiger partial charge in [0.25, 0.3) is 0 Å². The van der Waals surface area contributed by atoms with Crippen molar-refractivity contribution >= 4 is 0 Å². The number of hydrogen-bond acceptors (Lipinski definition) is 1. The average Bonchev–Trinajstić information content (AvgIpc) is 2.85. The third-order valence-corrected chi connectivity index (χ3v) is 6.97. The molecule has 1 aliphatic carbocycles. The van der Waals surface area contributed by atoms with E-state index in [1.807, 2.05) is 24.3 Å². The lowest BCUT2D eigenvalue weighted by Gasteiger charge is -2.25. The lowest BCUT2D eigenvalue weighted by atomic mass is 9.80. The van der Waals surface area contributed by atoms with E-state index in [0.717, 1.165) is 17.0 Å². The van der Waals surface area contributed by atoms with Crippen LogP contribution in [-0.4, -0.2) is 0 Å². The highest BCUT2D eigenvalue weighted by Gasteiger charge is 2.19. The van der Waals surface area contributed by atoms with Crippen molar-refractivity contribution in [2.24, 2.45) is 11.8 Å². The van der Waals surface area contributed by atoms with Crippen molar-refractivity contribution in [1.82, 2.24) is 0 Å². The summed E-state index contributed by atoms with van der Waals surface area (Å²) in [5.74, 6) is 8.48. The number of nitrogens with zero attached hydrogens (tertiary/aromatic N) is 1. The Morgan fingerprint density at radius 1 is 0.688 bits per heavy atom. The Hall–Kier alpha value is -2.51. The summed E-state index contributed by atoms with van der Waals surface area (Å²) < 4.78 is 0. The molecule has 2 aromatic carbocycles. The van der Waals surface area contributed by atoms with Crippen LogP contribution in [0.2, 0.25) is 0 Å². The second-order valence-electron chi connectivity index (χ2n) is 9.52. The Morgan fingerprint density at radius 3 is 1.78 bits per heavy atom. The molecule has 0 atom stereocenters. The maximum absolute atomic E-state index is 8.94. The second-order valence-corrected chi connectivity index (χ2v) is 9.52. The highest BCUT2D eigenvalue weighted by molar-refractivity contribution is 5.65. The van der Waals surface area contributed by atoms with Crippen LogP contribution in [0.25, 0.3) is 11.1 Å². The zero-order valence-electron chi connectivity index (χ0n) is 19.9. The van der Waals surface area contributed by atoms with Crippen molar-refractivity contribution in [1.29, 1.82) is 5.26 Å². The first-order chi connectivity index (χ1) is 15.8. The third kappa shape index (κ3) is 8.20. The van der Waals surface area contributed by atoms with Gasteiger partial charge in [-0.1, -0.05) is 101 Å². The molecule has 0 bridgehead atoms. The monoisotopic (exact) mass is 425 g/mol. The normalized spacial score (nSPS) is 17.9. The lowest BCUT2D eigenvalue weighted by Crippen LogP contribution is -2.13. The average molecular weight is 426 g/mol. The van der Waals surface area contributed by atoms with Gasteiger partial charge in [-0.15, -0.1) is 0 Å². The molecule has 32 heavy (non-hydrogen) atoms. The maximum atomic E-state index is 8.94. The first-order valence-electron chi connectivity index (χ1n) is 12.9. The number of nitriles is 1. The minimum Gasteiger partial charge on any atom is -0.192 e. The summed E-state index contributed by atoms with van der Waals surface area (Å²) in [6, 6.07) is 18.4. The Morgan fingerprint density at radius 2 is 1.22 bits per heavy atom. The molecule has 0 spiro atoms. The van der Waals surface area contributed by atoms with Crippen LogP contribution in [0.15, 0.2) is 48.5 Å². The number of benzene rings is 2. The van der Waals surface area contributed by atoms with Crippen LogP contribution in [0.4, 0.5) is 0 Å². The maximum Gasteiger partial charge on any atom is 0.0991 e. The van der Waals surface area contributed by atoms with Crippen LogP contribution in [0.1, 0.15) is 102 Å². The van der Waals surface area contributed by atoms with E-state index in [1.54, 1.807) is 0 Å². The lowest BCUT2D eigenvalue weighted by molar-refractivity contribution is 0.293. The van der Waals surface area contributed by atoms with Crippen LogP contribution in [0.3, 0.4) is 0 Å². The van der Waals surface area contributed by atoms with Crippen LogP contribution >= 0.6 is 0 Å². The number of unbranched alkanes of at least 4 members (excludes halogenated alkanes) is 7. The summed E-state index contributed by atoms with van der Waals surface area (Å²) in [6.07, 6.45) is 18.1. The summed E-state index contributed by atoms with van der Waals surface area (Å²) in [4.78, 5) is 0. The van der Waals surface area contributed by atoms with E-state index < -0.39 is 0 Å². The molecular weight excluding hydrogens is 386 g/mol. The zero-order valence-corrected chi connectivity index (χ0v) is 19.9. The van der Waals surface area contributed by atoms with E-state index in [0.29, 0.717) is 11.5 Å². The first kappa shape index (κ1) is 24.1. The summed E-state index contributed by atoms with van der Waals surface area (Å²) in [7, 11) is 0. The molecule has 1 heteroatoms. The highest BCUT2D eigenvalue weighted by Crippen LogP contribution is 2.32. The van der Waals surface area contributed by atoms with Gasteiger partial charge in [-0.2, -0.15) is 5.26 Å². The molecule has 0 amide bonds. The van der Waals surface area contributed by atoms with E-state index in [9.17, 15) is 0 Å². The van der Waals surface area contributed by atoms with Crippen molar-refractivity contribution in [3.63, 3.8) is 0 Å². The van der Waals surface area contributed by atoms with E-state index in [1.165, 1.54) is 89.0 Å². The number of hydrogen-bond donors (Lipinski definition) is 0. The van der Waals surface area contributed by atoms with Gasteiger partial charge in [0.2, 0.25) is 0 Å². The largest absolute Gasteiger partial charge is 0.192 e. The quantitative estimate of drug-likeness (QED) is 0.275. The highest BCUT2D eigenvalue weighted by atomic mass is 14.2. The summed E-state index contributed by atoms with van der Waals surface area (Å²) in [5.41, 5.74) is 4.10. The fraction of sp³-hybridized carbons (Fsp3) is 0.516. The molecule has 2 aromatic rings. The molecule has 3 rings (SSSR count). The van der Waals surface area contributed by atoms with Crippen LogP contribution in [0.5, 0.6) is 0 Å². The molecule has 0 aliphatic heterocycles. The van der Waals surface area contributed by atoms with E-state index >= 15 is 0 Å². The van der Waals surface area contributed by atoms with Crippen molar-refractivity contribution in [3.05, 3.63) is 59.7 Å². The molecular formula is C31H39N. The Balaban J connectivity index is 1.35. The Bertz CT molecular complexity index is 881. The molecule has 0 unspecified atom stereocenters. The van der Waals surface area contributed by atoms with E-state index in [4.69, 9.17) is 5.26 Å². The van der Waals surface area contributed by atoms with Crippen LogP contribution in [0, 0.1) is 35.0 Å². The minimum atomic E-state index is 0.572. The Kier molecular flexibility index (Phi) is 10.4. The van der Waals surface area contributed by atoms with E-state index in [-0.39, 0.29) is 0 Å². The van der Waals surface area contributed by atoms with E-state index in [2.05, 4.69) is 49.1 Å². The zero-order chi connectivity index (χ0) is 22.4. The second kappa shape index (κ2) is 13.8. The predicted octanol–water partition coefficient (Wildman–Crippen LogP) is 8.91. The van der Waals surface area contributed by atoms with Gasteiger partial charge < -0.3 is 0 Å². The smallest absolute Gasteiger partial charge is 0.0991 e. The van der Waals surface area contributed by atoms with Gasteiger partial charge in [0.05, 0.1) is 11.6 Å². The standard InChI is InChI=1S/C31H39N/c1-2-3-4-5-6-7-8-9-10-26-11-13-27(14-12-26)15-16-28-17-21-30(22-18-28)31-23-19-29(25-32)20-24-31/h17-24,26-27H,2-14H2,1H3/t26-,27-. The van der Waals surface area contributed by atoms with Crippen molar-refractivity contribution in [2.45, 2.75) is 90.4 Å². The molecule has 1 aliphatic rings. The van der Waals surface area contributed by atoms with Gasteiger partial charge in [-0.3, -0.25) is 0 Å². The fourth-order valence-corrected chi connectivity index (χ4v) is 4.83. The van der Waals surface area contributed by atoms with Gasteiger partial charge >= 0.3 is 0 Å². The van der Waals surface area contributed by atoms with Gasteiger partial charge in [0.15, 0.2) is 0 Å². The summed E-state index contributed by atoms with van der Waals surface area (Å²) >= 11 is 0. The van der Waals surface area contributed by atoms with Gasteiger partial charge in [-0.05, 0) is 67.0 Å². The van der Waals surface area contributed by atoms with Crippen LogP contribution in [-0.2, 0) is 0 Å². The van der Waals surface area contributed by atoms with Crippen molar-refractivity contribution in [2.75, 3.05) is 0 Å². The molecule has 1 saturated carbocycles. The Labute approximate surface area is 196 Å². The summed E-state index contributed by atoms with van der Waals surface area (Å²) in [6.45, 7) is 2.29. The van der Waals surface area contributed by atoms with Gasteiger partial charge in [0.1, 0.15) is 0 Å². The number of rotatable bonds is 10. The molecule has 0 saturated heterocycles. The third-order valence-electron chi connectivity index (χ3n) is 6.97. The molecule has 168 valence electrons. The van der Waals surface area contributed by atoms with Crippen molar-refractivity contribution in [3.8, 4) is 29.0 Å². The topological polar surface area (TPSA) is 23.8 Å². The van der Waals surface area contributed by atoms with Gasteiger partial charge in [-0.25, -0.2) is 0 Å². The molecule has 1 nitrogen and oxygen atoms in total. The molecule has 0 radical (unpaired) electrons. The first-order valence-corrected chi connectivity index (χ1v) is 12.9.